The number of hydrogen-bond donors (Lipinski definition) is 0. The van der Waals surface area contributed by atoms with Crippen LogP contribution in [0.2, 0.25) is 0 Å². The molecule has 0 unspecified atom stereocenters. The van der Waals surface area contributed by atoms with Gasteiger partial charge in [-0.2, -0.15) is 0 Å². The smallest absolute Gasteiger partial charge is 0.0348 e. The quantitative estimate of drug-likeness (QED) is 0.413. The van der Waals surface area contributed by atoms with E-state index in [0.29, 0.717) is 0 Å². The molecule has 0 aliphatic carbocycles. The van der Waals surface area contributed by atoms with Gasteiger partial charge in [-0.25, -0.2) is 0 Å². The Morgan fingerprint density at radius 2 is 2.09 bits per heavy atom. The van der Waals surface area contributed by atoms with Crippen molar-refractivity contribution in [3.05, 3.63) is 23.8 Å². The summed E-state index contributed by atoms with van der Waals surface area (Å²) in [5.41, 5.74) is 1.24. The van der Waals surface area contributed by atoms with Crippen LogP contribution in [0.4, 0.5) is 0 Å². The normalized spacial score (nSPS) is 12.8. The molecule has 0 bridgehead atoms. The van der Waals surface area contributed by atoms with Crippen molar-refractivity contribution in [1.82, 2.24) is 0 Å². The average Bonchev–Trinajstić information content (AvgIpc) is 2.04. The van der Waals surface area contributed by atoms with E-state index in [9.17, 15) is 0 Å². The van der Waals surface area contributed by atoms with Gasteiger partial charge in [-0.3, -0.25) is 0 Å². The van der Waals surface area contributed by atoms with E-state index < -0.39 is 0 Å². The minimum Gasteiger partial charge on any atom is -0.0843 e. The minimum atomic E-state index is 1.22. The molecule has 63 valence electrons. The van der Waals surface area contributed by atoms with Crippen molar-refractivity contribution in [2.75, 3.05) is 0 Å². The van der Waals surface area contributed by atoms with Crippen LogP contribution in [0.5, 0.6) is 0 Å². The molecule has 0 aliphatic rings. The molecule has 0 aromatic heterocycles. The maximum atomic E-state index is 3.09. The Morgan fingerprint density at radius 3 is 2.64 bits per heavy atom. The van der Waals surface area contributed by atoms with E-state index in [-0.39, 0.29) is 0 Å². The lowest BCUT2D eigenvalue weighted by Gasteiger charge is -1.91. The molecule has 0 aromatic rings. The molecule has 0 atom stereocenters. The first-order valence-electron chi connectivity index (χ1n) is 4.49. The third-order valence-corrected chi connectivity index (χ3v) is 1.74. The fourth-order valence-corrected chi connectivity index (χ4v) is 0.856. The summed E-state index contributed by atoms with van der Waals surface area (Å²) in [7, 11) is 0. The molecule has 0 saturated carbocycles. The van der Waals surface area contributed by atoms with E-state index in [0.717, 1.165) is 0 Å². The Bertz CT molecular complexity index is 129. The van der Waals surface area contributed by atoms with Gasteiger partial charge in [-0.05, 0) is 38.3 Å². The van der Waals surface area contributed by atoms with Crippen molar-refractivity contribution >= 4 is 0 Å². The maximum Gasteiger partial charge on any atom is -0.0348 e. The van der Waals surface area contributed by atoms with Gasteiger partial charge in [-0.15, -0.1) is 0 Å². The van der Waals surface area contributed by atoms with Crippen molar-refractivity contribution < 1.29 is 0 Å². The van der Waals surface area contributed by atoms with Crippen LogP contribution in [-0.4, -0.2) is 0 Å². The first-order valence-corrected chi connectivity index (χ1v) is 4.49. The monoisotopic (exact) mass is 151 g/mol. The third-order valence-electron chi connectivity index (χ3n) is 1.74. The second kappa shape index (κ2) is 7.59. The molecule has 11 heavy (non-hydrogen) atoms. The lowest BCUT2D eigenvalue weighted by molar-refractivity contribution is 0.729. The Labute approximate surface area is 71.0 Å². The SMILES string of the molecule is C/[C]=C(\C)C=CCCCCC. The largest absolute Gasteiger partial charge is 0.0843 e. The molecule has 0 rings (SSSR count). The van der Waals surface area contributed by atoms with Crippen LogP contribution in [-0.2, 0) is 0 Å². The zero-order valence-electron chi connectivity index (χ0n) is 7.98. The predicted molar refractivity (Wildman–Crippen MR) is 51.4 cm³/mol. The average molecular weight is 151 g/mol. The summed E-state index contributed by atoms with van der Waals surface area (Å²) in [6.45, 7) is 6.26. The maximum absolute atomic E-state index is 3.09. The zero-order chi connectivity index (χ0) is 8.53. The van der Waals surface area contributed by atoms with Crippen LogP contribution in [0.25, 0.3) is 0 Å². The zero-order valence-corrected chi connectivity index (χ0v) is 7.98. The van der Waals surface area contributed by atoms with E-state index in [4.69, 9.17) is 0 Å². The molecule has 0 fully saturated rings. The summed E-state index contributed by atoms with van der Waals surface area (Å²) >= 11 is 0. The minimum absolute atomic E-state index is 1.22. The number of hydrogen-bond acceptors (Lipinski definition) is 0. The molecule has 0 spiro atoms. The fourth-order valence-electron chi connectivity index (χ4n) is 0.856. The van der Waals surface area contributed by atoms with Gasteiger partial charge in [0.25, 0.3) is 0 Å². The van der Waals surface area contributed by atoms with Crippen LogP contribution in [0.1, 0.15) is 46.5 Å². The van der Waals surface area contributed by atoms with Gasteiger partial charge in [0.2, 0.25) is 0 Å². The van der Waals surface area contributed by atoms with Crippen LogP contribution in [0, 0.1) is 6.08 Å². The molecule has 0 heteroatoms. The van der Waals surface area contributed by atoms with E-state index in [2.05, 4.69) is 32.1 Å². The second-order valence-electron chi connectivity index (χ2n) is 2.83. The summed E-state index contributed by atoms with van der Waals surface area (Å²) in [6, 6.07) is 0. The van der Waals surface area contributed by atoms with Gasteiger partial charge in [0.15, 0.2) is 0 Å². The van der Waals surface area contributed by atoms with Crippen LogP contribution in [0.15, 0.2) is 17.7 Å². The van der Waals surface area contributed by atoms with Crippen molar-refractivity contribution in [2.45, 2.75) is 46.5 Å². The molecule has 0 saturated heterocycles. The van der Waals surface area contributed by atoms with Crippen molar-refractivity contribution in [2.24, 2.45) is 0 Å². The highest BCUT2D eigenvalue weighted by Gasteiger charge is 1.81. The summed E-state index contributed by atoms with van der Waals surface area (Å²) < 4.78 is 0. The van der Waals surface area contributed by atoms with Crippen molar-refractivity contribution in [1.29, 1.82) is 0 Å². The lowest BCUT2D eigenvalue weighted by Crippen LogP contribution is -1.71. The van der Waals surface area contributed by atoms with Crippen molar-refractivity contribution in [3.8, 4) is 0 Å². The number of allylic oxidation sites excluding steroid dienone is 4. The predicted octanol–water partition coefficient (Wildman–Crippen LogP) is 3.89. The van der Waals surface area contributed by atoms with Crippen LogP contribution < -0.4 is 0 Å². The van der Waals surface area contributed by atoms with Crippen molar-refractivity contribution in [3.63, 3.8) is 0 Å². The van der Waals surface area contributed by atoms with Crippen LogP contribution >= 0.6 is 0 Å². The number of rotatable bonds is 5. The van der Waals surface area contributed by atoms with Gasteiger partial charge >= 0.3 is 0 Å². The standard InChI is InChI=1S/C11H19/c1-4-6-7-8-9-10-11(3)5-2/h9-10H,4,6-8H2,1-3H3. The first-order chi connectivity index (χ1) is 5.31. The molecule has 0 amide bonds. The second-order valence-corrected chi connectivity index (χ2v) is 2.83. The van der Waals surface area contributed by atoms with E-state index in [1.165, 1.54) is 31.3 Å². The summed E-state index contributed by atoms with van der Waals surface area (Å²) in [5, 5.41) is 0. The number of unbranched alkanes of at least 4 members (excludes halogenated alkanes) is 3. The van der Waals surface area contributed by atoms with Gasteiger partial charge < -0.3 is 0 Å². The molecule has 0 heterocycles. The molecule has 1 radical (unpaired) electrons. The van der Waals surface area contributed by atoms with Gasteiger partial charge in [0.05, 0.1) is 0 Å². The van der Waals surface area contributed by atoms with Gasteiger partial charge in [0, 0.05) is 0 Å². The fraction of sp³-hybridized carbons (Fsp3) is 0.636. The molecule has 0 aliphatic heterocycles. The molecular formula is C11H19. The Kier molecular flexibility index (Phi) is 7.23. The topological polar surface area (TPSA) is 0 Å². The highest BCUT2D eigenvalue weighted by atomic mass is 13.9. The molecule has 0 N–H and O–H groups in total. The third kappa shape index (κ3) is 7.38. The summed E-state index contributed by atoms with van der Waals surface area (Å²) in [4.78, 5) is 0. The van der Waals surface area contributed by atoms with E-state index in [1.807, 2.05) is 6.92 Å². The van der Waals surface area contributed by atoms with E-state index in [1.54, 1.807) is 0 Å². The molecular weight excluding hydrogens is 132 g/mol. The van der Waals surface area contributed by atoms with Gasteiger partial charge in [0.1, 0.15) is 0 Å². The Hall–Kier alpha value is -0.520. The Balaban J connectivity index is 3.30. The summed E-state index contributed by atoms with van der Waals surface area (Å²) in [6.07, 6.45) is 12.7. The van der Waals surface area contributed by atoms with E-state index >= 15 is 0 Å². The first kappa shape index (κ1) is 10.5. The van der Waals surface area contributed by atoms with Crippen LogP contribution in [0.3, 0.4) is 0 Å². The molecule has 0 aromatic carbocycles. The Morgan fingerprint density at radius 1 is 1.36 bits per heavy atom. The van der Waals surface area contributed by atoms with Gasteiger partial charge in [-0.1, -0.05) is 31.9 Å². The highest BCUT2D eigenvalue weighted by molar-refractivity contribution is 5.11. The summed E-state index contributed by atoms with van der Waals surface area (Å²) in [5.74, 6) is 0. The molecule has 0 nitrogen and oxygen atoms in total. The lowest BCUT2D eigenvalue weighted by atomic mass is 10.2. The highest BCUT2D eigenvalue weighted by Crippen LogP contribution is 2.01.